The van der Waals surface area contributed by atoms with E-state index in [0.29, 0.717) is 6.42 Å². The van der Waals surface area contributed by atoms with E-state index < -0.39 is 0 Å². The molecule has 0 saturated heterocycles. The summed E-state index contributed by atoms with van der Waals surface area (Å²) in [6.07, 6.45) is 8.69. The molecular weight excluding hydrogens is 230 g/mol. The highest BCUT2D eigenvalue weighted by molar-refractivity contribution is 7.80. The summed E-state index contributed by atoms with van der Waals surface area (Å²) in [5.74, 6) is 3.80. The Morgan fingerprint density at radius 2 is 1.82 bits per heavy atom. The first-order chi connectivity index (χ1) is 8.22. The predicted octanol–water partition coefficient (Wildman–Crippen LogP) is 2.64. The van der Waals surface area contributed by atoms with Crippen molar-refractivity contribution < 1.29 is 4.79 Å². The van der Waals surface area contributed by atoms with E-state index >= 15 is 0 Å². The van der Waals surface area contributed by atoms with Crippen LogP contribution in [0, 0.1) is 23.2 Å². The molecule has 3 rings (SSSR count). The van der Waals surface area contributed by atoms with Crippen molar-refractivity contribution in [3.8, 4) is 0 Å². The van der Waals surface area contributed by atoms with Gasteiger partial charge in [-0.2, -0.15) is 12.6 Å². The van der Waals surface area contributed by atoms with E-state index in [9.17, 15) is 4.79 Å². The first kappa shape index (κ1) is 11.9. The molecule has 0 bridgehead atoms. The summed E-state index contributed by atoms with van der Waals surface area (Å²) < 4.78 is 0. The first-order valence-corrected chi connectivity index (χ1v) is 7.73. The van der Waals surface area contributed by atoms with Gasteiger partial charge in [-0.15, -0.1) is 0 Å². The summed E-state index contributed by atoms with van der Waals surface area (Å²) in [5.41, 5.74) is 0.266. The highest BCUT2D eigenvalue weighted by atomic mass is 32.1. The van der Waals surface area contributed by atoms with Crippen LogP contribution in [0.15, 0.2) is 0 Å². The summed E-state index contributed by atoms with van der Waals surface area (Å²) >= 11 is 4.35. The van der Waals surface area contributed by atoms with Crippen molar-refractivity contribution in [2.75, 3.05) is 12.3 Å². The maximum atomic E-state index is 11.9. The van der Waals surface area contributed by atoms with Gasteiger partial charge in [0.2, 0.25) is 5.91 Å². The molecule has 0 aliphatic heterocycles. The number of carbonyl (C=O) groups is 1. The number of carbonyl (C=O) groups excluding carboxylic acids is 1. The fourth-order valence-electron chi connectivity index (χ4n) is 2.97. The molecule has 0 spiro atoms. The van der Waals surface area contributed by atoms with Crippen molar-refractivity contribution in [2.24, 2.45) is 23.2 Å². The van der Waals surface area contributed by atoms with Gasteiger partial charge in [0.05, 0.1) is 0 Å². The van der Waals surface area contributed by atoms with E-state index in [-0.39, 0.29) is 11.3 Å². The topological polar surface area (TPSA) is 29.1 Å². The maximum absolute atomic E-state index is 11.9. The third-order valence-corrected chi connectivity index (χ3v) is 5.49. The lowest BCUT2D eigenvalue weighted by Gasteiger charge is -2.17. The Kier molecular flexibility index (Phi) is 3.14. The molecule has 0 radical (unpaired) electrons. The van der Waals surface area contributed by atoms with Crippen LogP contribution in [0.2, 0.25) is 0 Å². The van der Waals surface area contributed by atoms with Crippen LogP contribution < -0.4 is 5.32 Å². The summed E-state index contributed by atoms with van der Waals surface area (Å²) in [5, 5.41) is 3.18. The SMILES string of the molecule is O=C(CC1(CS)CC1)NCC(C1CC1)C1CC1. The molecule has 0 heterocycles. The zero-order chi connectivity index (χ0) is 11.9. The van der Waals surface area contributed by atoms with Crippen LogP contribution in [0.1, 0.15) is 44.9 Å². The van der Waals surface area contributed by atoms with Gasteiger partial charge in [0, 0.05) is 13.0 Å². The molecule has 0 aromatic rings. The molecule has 3 saturated carbocycles. The zero-order valence-corrected chi connectivity index (χ0v) is 11.3. The van der Waals surface area contributed by atoms with Crippen LogP contribution in [0.4, 0.5) is 0 Å². The van der Waals surface area contributed by atoms with Crippen LogP contribution in [0.3, 0.4) is 0 Å². The molecule has 3 aliphatic rings. The average Bonchev–Trinajstić information content (AvgIpc) is 3.09. The highest BCUT2D eigenvalue weighted by Gasteiger charge is 2.44. The molecule has 96 valence electrons. The Bertz CT molecular complexity index is 293. The fourth-order valence-corrected chi connectivity index (χ4v) is 3.40. The minimum atomic E-state index is 0.266. The van der Waals surface area contributed by atoms with Gasteiger partial charge in [-0.05, 0) is 67.4 Å². The summed E-state index contributed by atoms with van der Waals surface area (Å²) in [6.45, 7) is 0.941. The van der Waals surface area contributed by atoms with Crippen LogP contribution in [0.5, 0.6) is 0 Å². The summed E-state index contributed by atoms with van der Waals surface area (Å²) in [4.78, 5) is 11.9. The number of amides is 1. The van der Waals surface area contributed by atoms with E-state index in [2.05, 4.69) is 17.9 Å². The quantitative estimate of drug-likeness (QED) is 0.671. The lowest BCUT2D eigenvalue weighted by atomic mass is 9.97. The van der Waals surface area contributed by atoms with Gasteiger partial charge in [0.1, 0.15) is 0 Å². The van der Waals surface area contributed by atoms with E-state index in [0.717, 1.165) is 30.1 Å². The average molecular weight is 253 g/mol. The molecule has 1 N–H and O–H groups in total. The van der Waals surface area contributed by atoms with Gasteiger partial charge in [0.25, 0.3) is 0 Å². The minimum Gasteiger partial charge on any atom is -0.356 e. The molecule has 17 heavy (non-hydrogen) atoms. The maximum Gasteiger partial charge on any atom is 0.220 e. The third-order valence-electron chi connectivity index (χ3n) is 4.82. The van der Waals surface area contributed by atoms with Crippen molar-refractivity contribution in [2.45, 2.75) is 44.9 Å². The van der Waals surface area contributed by atoms with Gasteiger partial charge in [0.15, 0.2) is 0 Å². The Morgan fingerprint density at radius 1 is 1.24 bits per heavy atom. The number of nitrogens with one attached hydrogen (secondary N) is 1. The van der Waals surface area contributed by atoms with Gasteiger partial charge in [-0.3, -0.25) is 4.79 Å². The number of hydrogen-bond donors (Lipinski definition) is 2. The minimum absolute atomic E-state index is 0.266. The molecule has 0 aromatic heterocycles. The van der Waals surface area contributed by atoms with Gasteiger partial charge in [-0.25, -0.2) is 0 Å². The van der Waals surface area contributed by atoms with Crippen LogP contribution >= 0.6 is 12.6 Å². The van der Waals surface area contributed by atoms with Crippen LogP contribution in [-0.2, 0) is 4.79 Å². The summed E-state index contributed by atoms with van der Waals surface area (Å²) in [6, 6.07) is 0. The lowest BCUT2D eigenvalue weighted by molar-refractivity contribution is -0.122. The van der Waals surface area contributed by atoms with E-state index in [4.69, 9.17) is 0 Å². The fraction of sp³-hybridized carbons (Fsp3) is 0.929. The van der Waals surface area contributed by atoms with E-state index in [1.54, 1.807) is 0 Å². The van der Waals surface area contributed by atoms with Crippen molar-refractivity contribution in [3.05, 3.63) is 0 Å². The van der Waals surface area contributed by atoms with Gasteiger partial charge >= 0.3 is 0 Å². The lowest BCUT2D eigenvalue weighted by Crippen LogP contribution is -2.32. The molecule has 2 nitrogen and oxygen atoms in total. The normalized spacial score (nSPS) is 26.0. The van der Waals surface area contributed by atoms with Crippen LogP contribution in [0.25, 0.3) is 0 Å². The molecule has 3 heteroatoms. The van der Waals surface area contributed by atoms with Crippen molar-refractivity contribution >= 4 is 18.5 Å². The molecule has 0 aromatic carbocycles. The van der Waals surface area contributed by atoms with Crippen molar-refractivity contribution in [1.29, 1.82) is 0 Å². The number of rotatable bonds is 7. The third kappa shape index (κ3) is 2.98. The zero-order valence-electron chi connectivity index (χ0n) is 10.5. The highest BCUT2D eigenvalue weighted by Crippen LogP contribution is 2.50. The second-order valence-corrected chi connectivity index (χ2v) is 6.79. The Labute approximate surface area is 109 Å². The smallest absolute Gasteiger partial charge is 0.220 e. The first-order valence-electron chi connectivity index (χ1n) is 7.10. The van der Waals surface area contributed by atoms with E-state index in [1.165, 1.54) is 38.5 Å². The van der Waals surface area contributed by atoms with Gasteiger partial charge < -0.3 is 5.32 Å². The van der Waals surface area contributed by atoms with Crippen molar-refractivity contribution in [1.82, 2.24) is 5.32 Å². The van der Waals surface area contributed by atoms with Crippen LogP contribution in [-0.4, -0.2) is 18.2 Å². The molecule has 1 amide bonds. The van der Waals surface area contributed by atoms with Gasteiger partial charge in [-0.1, -0.05) is 0 Å². The Balaban J connectivity index is 1.42. The largest absolute Gasteiger partial charge is 0.356 e. The Morgan fingerprint density at radius 3 is 2.24 bits per heavy atom. The number of hydrogen-bond acceptors (Lipinski definition) is 2. The molecule has 0 unspecified atom stereocenters. The second-order valence-electron chi connectivity index (χ2n) is 6.48. The molecule has 3 fully saturated rings. The predicted molar refractivity (Wildman–Crippen MR) is 72.1 cm³/mol. The second kappa shape index (κ2) is 4.49. The molecule has 3 aliphatic carbocycles. The standard InChI is InChI=1S/C14H23NOS/c16-13(7-14(9-17)5-6-14)15-8-12(10-1-2-10)11-3-4-11/h10-12,17H,1-9H2,(H,15,16). The molecular formula is C14H23NOS. The number of thiol groups is 1. The Hall–Kier alpha value is -0.180. The monoisotopic (exact) mass is 253 g/mol. The molecule has 0 atom stereocenters. The summed E-state index contributed by atoms with van der Waals surface area (Å²) in [7, 11) is 0. The van der Waals surface area contributed by atoms with E-state index in [1.807, 2.05) is 0 Å². The van der Waals surface area contributed by atoms with Crippen molar-refractivity contribution in [3.63, 3.8) is 0 Å².